The molecule has 0 spiro atoms. The van der Waals surface area contributed by atoms with Gasteiger partial charge in [-0.2, -0.15) is 0 Å². The topological polar surface area (TPSA) is 59.1 Å². The van der Waals surface area contributed by atoms with E-state index in [4.69, 9.17) is 9.47 Å². The SMILES string of the molecule is O=C(COc1ccccc1-c1ccccc1OCC(=O)N(Cc1ccccc1)Cc1ccccc1)N(Cc1ccccc1)Cc1ccccc1. The molecule has 0 aliphatic rings. The van der Waals surface area contributed by atoms with Crippen LogP contribution in [0.4, 0.5) is 0 Å². The lowest BCUT2D eigenvalue weighted by Gasteiger charge is -2.24. The van der Waals surface area contributed by atoms with Gasteiger partial charge >= 0.3 is 0 Å². The van der Waals surface area contributed by atoms with Crippen LogP contribution in [0.5, 0.6) is 11.5 Å². The molecule has 0 saturated carbocycles. The molecule has 0 heterocycles. The molecule has 0 bridgehead atoms. The number of nitrogens with zero attached hydrogens (tertiary/aromatic N) is 2. The zero-order valence-electron chi connectivity index (χ0n) is 27.9. The average molecular weight is 661 g/mol. The Morgan fingerprint density at radius 3 is 0.920 bits per heavy atom. The summed E-state index contributed by atoms with van der Waals surface area (Å²) in [6.45, 7) is 1.61. The molecule has 6 nitrogen and oxygen atoms in total. The van der Waals surface area contributed by atoms with Crippen LogP contribution >= 0.6 is 0 Å². The molecular formula is C44H40N2O4. The number of amides is 2. The van der Waals surface area contributed by atoms with Gasteiger partial charge in [0.15, 0.2) is 13.2 Å². The second kappa shape index (κ2) is 17.3. The molecule has 6 aromatic rings. The van der Waals surface area contributed by atoms with E-state index in [2.05, 4.69) is 0 Å². The Hall–Kier alpha value is -6.14. The van der Waals surface area contributed by atoms with Crippen LogP contribution in [0.25, 0.3) is 11.1 Å². The first-order valence-corrected chi connectivity index (χ1v) is 16.8. The first-order valence-electron chi connectivity index (χ1n) is 16.8. The van der Waals surface area contributed by atoms with Crippen molar-refractivity contribution in [2.45, 2.75) is 26.2 Å². The molecule has 0 N–H and O–H groups in total. The van der Waals surface area contributed by atoms with Crippen LogP contribution in [-0.2, 0) is 35.8 Å². The predicted molar refractivity (Wildman–Crippen MR) is 197 cm³/mol. The van der Waals surface area contributed by atoms with Crippen LogP contribution in [0.2, 0.25) is 0 Å². The largest absolute Gasteiger partial charge is 0.483 e. The van der Waals surface area contributed by atoms with Gasteiger partial charge in [-0.15, -0.1) is 0 Å². The Morgan fingerprint density at radius 1 is 0.360 bits per heavy atom. The maximum Gasteiger partial charge on any atom is 0.261 e. The number of rotatable bonds is 15. The number of para-hydroxylation sites is 2. The lowest BCUT2D eigenvalue weighted by atomic mass is 10.0. The third-order valence-corrected chi connectivity index (χ3v) is 8.34. The van der Waals surface area contributed by atoms with E-state index in [0.29, 0.717) is 37.7 Å². The van der Waals surface area contributed by atoms with Crippen molar-refractivity contribution in [2.24, 2.45) is 0 Å². The van der Waals surface area contributed by atoms with E-state index in [9.17, 15) is 9.59 Å². The van der Waals surface area contributed by atoms with Gasteiger partial charge in [0.25, 0.3) is 11.8 Å². The number of benzene rings is 6. The van der Waals surface area contributed by atoms with Crippen LogP contribution in [-0.4, -0.2) is 34.8 Å². The van der Waals surface area contributed by atoms with Gasteiger partial charge in [-0.1, -0.05) is 158 Å². The molecule has 0 aromatic heterocycles. The van der Waals surface area contributed by atoms with E-state index in [1.165, 1.54) is 0 Å². The van der Waals surface area contributed by atoms with Crippen LogP contribution in [0.1, 0.15) is 22.3 Å². The van der Waals surface area contributed by atoms with E-state index in [-0.39, 0.29) is 25.0 Å². The monoisotopic (exact) mass is 660 g/mol. The summed E-state index contributed by atoms with van der Waals surface area (Å²) in [7, 11) is 0. The highest BCUT2D eigenvalue weighted by atomic mass is 16.5. The normalized spacial score (nSPS) is 10.6. The van der Waals surface area contributed by atoms with Gasteiger partial charge in [-0.25, -0.2) is 0 Å². The number of carbonyl (C=O) groups excluding carboxylic acids is 2. The molecule has 6 heteroatoms. The molecule has 50 heavy (non-hydrogen) atoms. The molecule has 0 atom stereocenters. The van der Waals surface area contributed by atoms with Gasteiger partial charge in [0, 0.05) is 37.3 Å². The van der Waals surface area contributed by atoms with E-state index in [1.54, 1.807) is 0 Å². The zero-order chi connectivity index (χ0) is 34.4. The first kappa shape index (κ1) is 33.7. The predicted octanol–water partition coefficient (Wildman–Crippen LogP) is 8.57. The van der Waals surface area contributed by atoms with Crippen LogP contribution in [0.3, 0.4) is 0 Å². The lowest BCUT2D eigenvalue weighted by molar-refractivity contribution is -0.135. The van der Waals surface area contributed by atoms with Gasteiger partial charge in [0.1, 0.15) is 11.5 Å². The summed E-state index contributed by atoms with van der Waals surface area (Å²) in [4.78, 5) is 31.0. The molecular weight excluding hydrogens is 620 g/mol. The van der Waals surface area contributed by atoms with E-state index in [0.717, 1.165) is 33.4 Å². The summed E-state index contributed by atoms with van der Waals surface area (Å²) in [5.74, 6) is 0.855. The molecule has 250 valence electrons. The Balaban J connectivity index is 1.16. The second-order valence-corrected chi connectivity index (χ2v) is 12.0. The molecule has 0 unspecified atom stereocenters. The third kappa shape index (κ3) is 9.48. The van der Waals surface area contributed by atoms with Crippen molar-refractivity contribution in [2.75, 3.05) is 13.2 Å². The molecule has 0 radical (unpaired) electrons. The second-order valence-electron chi connectivity index (χ2n) is 12.0. The molecule has 6 rings (SSSR count). The van der Waals surface area contributed by atoms with Gasteiger partial charge in [0.05, 0.1) is 0 Å². The highest BCUT2D eigenvalue weighted by molar-refractivity contribution is 5.81. The fraction of sp³-hybridized carbons (Fsp3) is 0.136. The maximum absolute atomic E-state index is 13.7. The maximum atomic E-state index is 13.7. The number of ether oxygens (including phenoxy) is 2. The van der Waals surface area contributed by atoms with E-state index < -0.39 is 0 Å². The zero-order valence-corrected chi connectivity index (χ0v) is 27.9. The van der Waals surface area contributed by atoms with Crippen molar-refractivity contribution in [1.82, 2.24) is 9.80 Å². The van der Waals surface area contributed by atoms with Gasteiger partial charge in [-0.05, 0) is 34.4 Å². The average Bonchev–Trinajstić information content (AvgIpc) is 3.17. The minimum atomic E-state index is -0.133. The summed E-state index contributed by atoms with van der Waals surface area (Å²) >= 11 is 0. The Morgan fingerprint density at radius 2 is 0.620 bits per heavy atom. The standard InChI is InChI=1S/C44H40N2O4/c47-43(45(29-35-17-5-1-6-18-35)30-36-19-7-2-8-20-36)33-49-41-27-15-13-25-39(41)40-26-14-16-28-42(40)50-34-44(48)46(31-37-21-9-3-10-22-37)32-38-23-11-4-12-24-38/h1-28H,29-34H2. The van der Waals surface area contributed by atoms with E-state index >= 15 is 0 Å². The quantitative estimate of drug-likeness (QED) is 0.111. The van der Waals surface area contributed by atoms with Gasteiger partial charge in [0.2, 0.25) is 0 Å². The third-order valence-electron chi connectivity index (χ3n) is 8.34. The van der Waals surface area contributed by atoms with Crippen molar-refractivity contribution in [3.05, 3.63) is 192 Å². The smallest absolute Gasteiger partial charge is 0.261 e. The molecule has 0 aliphatic carbocycles. The Bertz CT molecular complexity index is 1720. The van der Waals surface area contributed by atoms with Gasteiger partial charge in [-0.3, -0.25) is 9.59 Å². The number of hydrogen-bond donors (Lipinski definition) is 0. The van der Waals surface area contributed by atoms with Crippen molar-refractivity contribution in [1.29, 1.82) is 0 Å². The summed E-state index contributed by atoms with van der Waals surface area (Å²) in [6, 6.07) is 55.0. The van der Waals surface area contributed by atoms with Crippen LogP contribution in [0.15, 0.2) is 170 Å². The molecule has 6 aromatic carbocycles. The highest BCUT2D eigenvalue weighted by Crippen LogP contribution is 2.36. The van der Waals surface area contributed by atoms with Crippen molar-refractivity contribution >= 4 is 11.8 Å². The Labute approximate surface area is 294 Å². The highest BCUT2D eigenvalue weighted by Gasteiger charge is 2.20. The fourth-order valence-corrected chi connectivity index (χ4v) is 5.77. The van der Waals surface area contributed by atoms with E-state index in [1.807, 2.05) is 180 Å². The van der Waals surface area contributed by atoms with Crippen molar-refractivity contribution in [3.63, 3.8) is 0 Å². The summed E-state index contributed by atoms with van der Waals surface area (Å²) in [5, 5.41) is 0. The van der Waals surface area contributed by atoms with Gasteiger partial charge < -0.3 is 19.3 Å². The van der Waals surface area contributed by atoms with Crippen LogP contribution < -0.4 is 9.47 Å². The summed E-state index contributed by atoms with van der Waals surface area (Å²) < 4.78 is 12.5. The molecule has 2 amide bonds. The van der Waals surface area contributed by atoms with Crippen molar-refractivity contribution in [3.8, 4) is 22.6 Å². The fourth-order valence-electron chi connectivity index (χ4n) is 5.77. The molecule has 0 fully saturated rings. The first-order chi connectivity index (χ1) is 24.6. The molecule has 0 aliphatic heterocycles. The summed E-state index contributed by atoms with van der Waals surface area (Å²) in [6.07, 6.45) is 0. The summed E-state index contributed by atoms with van der Waals surface area (Å²) in [5.41, 5.74) is 5.72. The molecule has 0 saturated heterocycles. The van der Waals surface area contributed by atoms with Crippen LogP contribution in [0, 0.1) is 0 Å². The number of hydrogen-bond acceptors (Lipinski definition) is 4. The lowest BCUT2D eigenvalue weighted by Crippen LogP contribution is -2.34. The van der Waals surface area contributed by atoms with Crippen molar-refractivity contribution < 1.29 is 19.1 Å². The Kier molecular flexibility index (Phi) is 11.7. The minimum Gasteiger partial charge on any atom is -0.483 e. The minimum absolute atomic E-state index is 0.125. The number of carbonyl (C=O) groups is 2.